The minimum atomic E-state index is -0.814. The van der Waals surface area contributed by atoms with Crippen LogP contribution in [0.2, 0.25) is 0 Å². The van der Waals surface area contributed by atoms with E-state index < -0.39 is 17.5 Å². The second-order valence-corrected chi connectivity index (χ2v) is 3.84. The molecule has 0 atom stereocenters. The van der Waals surface area contributed by atoms with Crippen LogP contribution in [0.5, 0.6) is 0 Å². The fourth-order valence-electron chi connectivity index (χ4n) is 0.834. The van der Waals surface area contributed by atoms with E-state index in [9.17, 15) is 13.6 Å². The topological polar surface area (TPSA) is 29.1 Å². The van der Waals surface area contributed by atoms with Gasteiger partial charge in [0.1, 0.15) is 5.82 Å². The van der Waals surface area contributed by atoms with E-state index in [4.69, 9.17) is 0 Å². The number of hydrogen-bond acceptors (Lipinski definition) is 1. The number of rotatable bonds is 2. The SMILES string of the molecule is O=C(CBr)Nc1c(F)cc(F)cc1Br. The summed E-state index contributed by atoms with van der Waals surface area (Å²) in [6.45, 7) is 0. The first-order chi connectivity index (χ1) is 6.54. The molecule has 0 aliphatic rings. The van der Waals surface area contributed by atoms with E-state index in [0.717, 1.165) is 6.07 Å². The van der Waals surface area contributed by atoms with Gasteiger partial charge in [-0.05, 0) is 22.0 Å². The van der Waals surface area contributed by atoms with Crippen molar-refractivity contribution in [3.63, 3.8) is 0 Å². The summed E-state index contributed by atoms with van der Waals surface area (Å²) in [7, 11) is 0. The Hall–Kier alpha value is -0.490. The van der Waals surface area contributed by atoms with Gasteiger partial charge in [-0.15, -0.1) is 0 Å². The van der Waals surface area contributed by atoms with Crippen molar-refractivity contribution in [3.8, 4) is 0 Å². The van der Waals surface area contributed by atoms with E-state index in [0.29, 0.717) is 6.07 Å². The monoisotopic (exact) mass is 327 g/mol. The van der Waals surface area contributed by atoms with Crippen molar-refractivity contribution >= 4 is 43.5 Å². The lowest BCUT2D eigenvalue weighted by atomic mass is 10.3. The summed E-state index contributed by atoms with van der Waals surface area (Å²) >= 11 is 5.86. The first-order valence-corrected chi connectivity index (χ1v) is 5.46. The molecular formula is C8H5Br2F2NO. The third kappa shape index (κ3) is 2.75. The Morgan fingerprint density at radius 2 is 2.07 bits per heavy atom. The van der Waals surface area contributed by atoms with Crippen molar-refractivity contribution in [1.29, 1.82) is 0 Å². The third-order valence-corrected chi connectivity index (χ3v) is 2.53. The summed E-state index contributed by atoms with van der Waals surface area (Å²) in [4.78, 5) is 10.9. The number of halogens is 4. The van der Waals surface area contributed by atoms with Crippen molar-refractivity contribution in [2.75, 3.05) is 10.6 Å². The molecule has 14 heavy (non-hydrogen) atoms. The van der Waals surface area contributed by atoms with Gasteiger partial charge in [-0.1, -0.05) is 15.9 Å². The molecule has 1 aromatic rings. The van der Waals surface area contributed by atoms with Crippen LogP contribution in [0.4, 0.5) is 14.5 Å². The van der Waals surface area contributed by atoms with Gasteiger partial charge in [-0.2, -0.15) is 0 Å². The maximum atomic E-state index is 13.1. The second-order valence-electron chi connectivity index (χ2n) is 2.43. The molecule has 0 radical (unpaired) electrons. The molecule has 1 N–H and O–H groups in total. The first-order valence-electron chi connectivity index (χ1n) is 3.55. The van der Waals surface area contributed by atoms with Crippen LogP contribution in [0, 0.1) is 11.6 Å². The average Bonchev–Trinajstić information content (AvgIpc) is 2.10. The Morgan fingerprint density at radius 3 is 2.57 bits per heavy atom. The van der Waals surface area contributed by atoms with Gasteiger partial charge in [0.05, 0.1) is 11.0 Å². The van der Waals surface area contributed by atoms with Gasteiger partial charge >= 0.3 is 0 Å². The van der Waals surface area contributed by atoms with E-state index in [1.165, 1.54) is 0 Å². The Bertz CT molecular complexity index is 347. The van der Waals surface area contributed by atoms with Gasteiger partial charge in [0.15, 0.2) is 5.82 Å². The number of hydrogen-bond donors (Lipinski definition) is 1. The minimum Gasteiger partial charge on any atom is -0.322 e. The van der Waals surface area contributed by atoms with E-state index in [1.54, 1.807) is 0 Å². The Labute approximate surface area is 95.9 Å². The van der Waals surface area contributed by atoms with E-state index in [-0.39, 0.29) is 15.5 Å². The number of amides is 1. The van der Waals surface area contributed by atoms with Gasteiger partial charge in [0, 0.05) is 10.5 Å². The Morgan fingerprint density at radius 1 is 1.43 bits per heavy atom. The number of alkyl halides is 1. The molecule has 1 rings (SSSR count). The van der Waals surface area contributed by atoms with Crippen molar-refractivity contribution in [1.82, 2.24) is 0 Å². The summed E-state index contributed by atoms with van der Waals surface area (Å²) in [6, 6.07) is 1.78. The summed E-state index contributed by atoms with van der Waals surface area (Å²) in [5, 5.41) is 2.33. The van der Waals surface area contributed by atoms with Gasteiger partial charge < -0.3 is 5.32 Å². The van der Waals surface area contributed by atoms with Crippen LogP contribution < -0.4 is 5.32 Å². The summed E-state index contributed by atoms with van der Waals surface area (Å²) in [5.41, 5.74) is -0.0594. The highest BCUT2D eigenvalue weighted by atomic mass is 79.9. The molecule has 0 spiro atoms. The molecule has 0 fully saturated rings. The lowest BCUT2D eigenvalue weighted by molar-refractivity contribution is -0.113. The van der Waals surface area contributed by atoms with Crippen molar-refractivity contribution < 1.29 is 13.6 Å². The standard InChI is InChI=1S/C8H5Br2F2NO/c9-3-7(14)13-8-5(10)1-4(11)2-6(8)12/h1-2H,3H2,(H,13,14). The quantitative estimate of drug-likeness (QED) is 0.831. The van der Waals surface area contributed by atoms with Crippen LogP contribution in [0.3, 0.4) is 0 Å². The molecule has 0 bridgehead atoms. The first kappa shape index (κ1) is 11.6. The molecule has 0 aromatic heterocycles. The largest absolute Gasteiger partial charge is 0.322 e. The van der Waals surface area contributed by atoms with Gasteiger partial charge in [0.25, 0.3) is 0 Å². The van der Waals surface area contributed by atoms with Gasteiger partial charge in [-0.25, -0.2) is 8.78 Å². The van der Waals surface area contributed by atoms with Gasteiger partial charge in [-0.3, -0.25) is 4.79 Å². The van der Waals surface area contributed by atoms with E-state index in [2.05, 4.69) is 37.2 Å². The predicted octanol–water partition coefficient (Wildman–Crippen LogP) is 3.06. The van der Waals surface area contributed by atoms with Crippen LogP contribution in [0.1, 0.15) is 0 Å². The maximum Gasteiger partial charge on any atom is 0.235 e. The fraction of sp³-hybridized carbons (Fsp3) is 0.125. The maximum absolute atomic E-state index is 13.1. The molecule has 6 heteroatoms. The third-order valence-electron chi connectivity index (χ3n) is 1.39. The van der Waals surface area contributed by atoms with Crippen molar-refractivity contribution in [3.05, 3.63) is 28.2 Å². The molecule has 76 valence electrons. The number of benzene rings is 1. The summed E-state index contributed by atoms with van der Waals surface area (Å²) in [5.74, 6) is -1.92. The van der Waals surface area contributed by atoms with Crippen LogP contribution >= 0.6 is 31.9 Å². The average molecular weight is 329 g/mol. The lowest BCUT2D eigenvalue weighted by Gasteiger charge is -2.06. The highest BCUT2D eigenvalue weighted by molar-refractivity contribution is 9.10. The minimum absolute atomic E-state index is 0.0518. The molecule has 0 heterocycles. The lowest BCUT2D eigenvalue weighted by Crippen LogP contribution is -2.14. The van der Waals surface area contributed by atoms with Crippen LogP contribution in [-0.2, 0) is 4.79 Å². The summed E-state index contributed by atoms with van der Waals surface area (Å²) < 4.78 is 25.9. The molecule has 0 unspecified atom stereocenters. The van der Waals surface area contributed by atoms with Crippen LogP contribution in [0.25, 0.3) is 0 Å². The smallest absolute Gasteiger partial charge is 0.235 e. The summed E-state index contributed by atoms with van der Waals surface area (Å²) in [6.07, 6.45) is 0. The zero-order valence-corrected chi connectivity index (χ0v) is 9.95. The number of anilines is 1. The normalized spacial score (nSPS) is 10.0. The number of nitrogens with one attached hydrogen (secondary N) is 1. The van der Waals surface area contributed by atoms with Crippen LogP contribution in [-0.4, -0.2) is 11.2 Å². The molecule has 0 aliphatic carbocycles. The predicted molar refractivity (Wildman–Crippen MR) is 56.5 cm³/mol. The number of carbonyl (C=O) groups is 1. The Balaban J connectivity index is 3.02. The second kappa shape index (κ2) is 4.84. The fourth-order valence-corrected chi connectivity index (χ4v) is 1.48. The highest BCUT2D eigenvalue weighted by Gasteiger charge is 2.11. The zero-order chi connectivity index (χ0) is 10.7. The molecule has 1 aromatic carbocycles. The van der Waals surface area contributed by atoms with E-state index >= 15 is 0 Å². The van der Waals surface area contributed by atoms with Gasteiger partial charge in [0.2, 0.25) is 5.91 Å². The zero-order valence-electron chi connectivity index (χ0n) is 6.78. The molecule has 0 saturated carbocycles. The molecule has 0 saturated heterocycles. The molecule has 2 nitrogen and oxygen atoms in total. The Kier molecular flexibility index (Phi) is 4.00. The highest BCUT2D eigenvalue weighted by Crippen LogP contribution is 2.26. The molecule has 1 amide bonds. The van der Waals surface area contributed by atoms with E-state index in [1.807, 2.05) is 0 Å². The molecule has 0 aliphatic heterocycles. The molecular weight excluding hydrogens is 324 g/mol. The van der Waals surface area contributed by atoms with Crippen molar-refractivity contribution in [2.24, 2.45) is 0 Å². The number of carbonyl (C=O) groups excluding carboxylic acids is 1. The van der Waals surface area contributed by atoms with Crippen molar-refractivity contribution in [2.45, 2.75) is 0 Å². The van der Waals surface area contributed by atoms with Crippen LogP contribution in [0.15, 0.2) is 16.6 Å².